The molecule has 0 spiro atoms. The molecule has 0 fully saturated rings. The van der Waals surface area contributed by atoms with Gasteiger partial charge in [0.2, 0.25) is 0 Å². The van der Waals surface area contributed by atoms with Gasteiger partial charge in [-0.3, -0.25) is 0 Å². The van der Waals surface area contributed by atoms with Gasteiger partial charge in [0, 0.05) is 12.3 Å². The van der Waals surface area contributed by atoms with Crippen LogP contribution in [0.15, 0.2) is 13.5 Å². The van der Waals surface area contributed by atoms with E-state index in [1.165, 1.54) is 13.8 Å². The lowest BCUT2D eigenvalue weighted by Gasteiger charge is -2.19. The molecule has 0 N–H and O–H groups in total. The molecule has 84 valence electrons. The molecule has 0 amide bonds. The summed E-state index contributed by atoms with van der Waals surface area (Å²) in [5.74, 6) is 0. The van der Waals surface area contributed by atoms with Crippen molar-refractivity contribution in [2.75, 3.05) is 12.3 Å². The maximum atomic E-state index is 13.5. The Morgan fingerprint density at radius 3 is 1.64 bits per heavy atom. The monoisotopic (exact) mass is 269 g/mol. The molecule has 0 aromatic carbocycles. The summed E-state index contributed by atoms with van der Waals surface area (Å²) in [4.78, 5) is 0. The van der Waals surface area contributed by atoms with Crippen LogP contribution in [-0.4, -0.2) is 12.3 Å². The van der Waals surface area contributed by atoms with Gasteiger partial charge in [-0.1, -0.05) is 13.8 Å². The van der Waals surface area contributed by atoms with Crippen molar-refractivity contribution in [1.82, 2.24) is 0 Å². The Hall–Kier alpha value is 0.410. The number of rotatable bonds is 2. The molecular formula is C4H10F4N3P3. The van der Waals surface area contributed by atoms with Crippen LogP contribution >= 0.6 is 22.9 Å². The van der Waals surface area contributed by atoms with Gasteiger partial charge in [0.15, 0.2) is 0 Å². The van der Waals surface area contributed by atoms with Crippen LogP contribution in [0, 0.1) is 0 Å². The summed E-state index contributed by atoms with van der Waals surface area (Å²) in [5.41, 5.74) is 0. The molecule has 1 aliphatic rings. The maximum Gasteiger partial charge on any atom is 0.421 e. The average molecular weight is 269 g/mol. The lowest BCUT2D eigenvalue weighted by atomic mass is 11.0. The summed E-state index contributed by atoms with van der Waals surface area (Å²) >= 11 is 0. The van der Waals surface area contributed by atoms with Gasteiger partial charge in [-0.05, 0) is 0 Å². The number of halogens is 4. The second-order valence-corrected chi connectivity index (χ2v) is 9.54. The van der Waals surface area contributed by atoms with E-state index in [2.05, 4.69) is 13.5 Å². The van der Waals surface area contributed by atoms with E-state index in [1.807, 2.05) is 0 Å². The van der Waals surface area contributed by atoms with E-state index < -0.39 is 22.9 Å². The molecule has 0 radical (unpaired) electrons. The molecule has 1 rings (SSSR count). The second kappa shape index (κ2) is 3.77. The molecule has 2 atom stereocenters. The zero-order chi connectivity index (χ0) is 11.0. The maximum absolute atomic E-state index is 13.5. The van der Waals surface area contributed by atoms with E-state index in [1.54, 1.807) is 0 Å². The standard InChI is InChI=1S/C4H10F4N3P3/c1-3-12(5)9-13(6,4-2)11-14(7,8)10-12/h3-4H2,1-2H3. The van der Waals surface area contributed by atoms with Crippen LogP contribution < -0.4 is 0 Å². The predicted molar refractivity (Wildman–Crippen MR) is 53.6 cm³/mol. The van der Waals surface area contributed by atoms with E-state index >= 15 is 0 Å². The van der Waals surface area contributed by atoms with Crippen LogP contribution in [0.5, 0.6) is 0 Å². The zero-order valence-corrected chi connectivity index (χ0v) is 10.3. The molecule has 10 heteroatoms. The highest BCUT2D eigenvalue weighted by molar-refractivity contribution is 7.81. The molecule has 0 saturated heterocycles. The topological polar surface area (TPSA) is 37.1 Å². The van der Waals surface area contributed by atoms with Gasteiger partial charge in [-0.15, -0.1) is 8.39 Å². The smallest absolute Gasteiger partial charge is 0.183 e. The van der Waals surface area contributed by atoms with Crippen molar-refractivity contribution < 1.29 is 16.8 Å². The first-order valence-corrected chi connectivity index (χ1v) is 8.94. The molecule has 0 saturated carbocycles. The Morgan fingerprint density at radius 1 is 0.786 bits per heavy atom. The normalized spacial score (nSPS) is 40.7. The molecule has 1 aliphatic heterocycles. The largest absolute Gasteiger partial charge is 0.421 e. The highest BCUT2D eigenvalue weighted by Crippen LogP contribution is 2.80. The SMILES string of the molecule is CCP1(F)=NP(F)(F)=NP(F)(CC)=N1. The third-order valence-corrected chi connectivity index (χ3v) is 9.29. The summed E-state index contributed by atoms with van der Waals surface area (Å²) in [6, 6.07) is 0. The highest BCUT2D eigenvalue weighted by Gasteiger charge is 2.36. The first-order chi connectivity index (χ1) is 6.24. The number of hydrogen-bond acceptors (Lipinski definition) is 3. The van der Waals surface area contributed by atoms with Crippen molar-refractivity contribution in [3.05, 3.63) is 0 Å². The summed E-state index contributed by atoms with van der Waals surface area (Å²) in [5, 5.41) is 0. The van der Waals surface area contributed by atoms with Crippen molar-refractivity contribution in [3.63, 3.8) is 0 Å². The first-order valence-electron chi connectivity index (χ1n) is 3.92. The minimum Gasteiger partial charge on any atom is -0.183 e. The van der Waals surface area contributed by atoms with E-state index in [0.717, 1.165) is 0 Å². The fourth-order valence-corrected chi connectivity index (χ4v) is 8.58. The summed E-state index contributed by atoms with van der Waals surface area (Å²) < 4.78 is 61.3. The Kier molecular flexibility index (Phi) is 3.36. The Morgan fingerprint density at radius 2 is 1.21 bits per heavy atom. The van der Waals surface area contributed by atoms with Gasteiger partial charge >= 0.3 is 7.83 Å². The summed E-state index contributed by atoms with van der Waals surface area (Å²) in [7, 11) is -13.1. The van der Waals surface area contributed by atoms with Gasteiger partial charge in [0.1, 0.15) is 0 Å². The van der Waals surface area contributed by atoms with Crippen molar-refractivity contribution >= 4 is 22.9 Å². The molecule has 0 aliphatic carbocycles. The predicted octanol–water partition coefficient (Wildman–Crippen LogP) is 5.93. The fourth-order valence-electron chi connectivity index (χ4n) is 0.846. The molecule has 14 heavy (non-hydrogen) atoms. The Labute approximate surface area is 80.1 Å². The van der Waals surface area contributed by atoms with E-state index in [-0.39, 0.29) is 12.3 Å². The molecule has 2 unspecified atom stereocenters. The van der Waals surface area contributed by atoms with Crippen LogP contribution in [-0.2, 0) is 0 Å². The molecule has 0 bridgehead atoms. The Bertz CT molecular complexity index is 387. The molecule has 0 aromatic heterocycles. The van der Waals surface area contributed by atoms with Gasteiger partial charge in [0.05, 0.1) is 0 Å². The molecule has 0 aromatic rings. The Balaban J connectivity index is 3.44. The third kappa shape index (κ3) is 2.71. The highest BCUT2D eigenvalue weighted by atomic mass is 31.3. The van der Waals surface area contributed by atoms with Crippen LogP contribution in [0.3, 0.4) is 0 Å². The van der Waals surface area contributed by atoms with Crippen molar-refractivity contribution in [1.29, 1.82) is 0 Å². The molecule has 1 heterocycles. The van der Waals surface area contributed by atoms with Crippen LogP contribution in [0.1, 0.15) is 13.8 Å². The average Bonchev–Trinajstić information content (AvgIpc) is 2.00. The number of hydrogen-bond donors (Lipinski definition) is 0. The van der Waals surface area contributed by atoms with Crippen molar-refractivity contribution in [3.8, 4) is 0 Å². The minimum atomic E-state index is -5.11. The quantitative estimate of drug-likeness (QED) is 0.440. The molecular weight excluding hydrogens is 259 g/mol. The van der Waals surface area contributed by atoms with Gasteiger partial charge in [-0.25, -0.2) is 0 Å². The van der Waals surface area contributed by atoms with Gasteiger partial charge < -0.3 is 0 Å². The van der Waals surface area contributed by atoms with Crippen LogP contribution in [0.2, 0.25) is 0 Å². The lowest BCUT2D eigenvalue weighted by molar-refractivity contribution is 0.720. The van der Waals surface area contributed by atoms with E-state index in [0.29, 0.717) is 0 Å². The summed E-state index contributed by atoms with van der Waals surface area (Å²) in [6.45, 7) is 2.68. The fraction of sp³-hybridized carbons (Fsp3) is 1.00. The van der Waals surface area contributed by atoms with Crippen molar-refractivity contribution in [2.45, 2.75) is 13.8 Å². The van der Waals surface area contributed by atoms with Gasteiger partial charge in [0.25, 0.3) is 15.0 Å². The third-order valence-electron chi connectivity index (χ3n) is 1.57. The number of nitrogens with zero attached hydrogens (tertiary/aromatic N) is 3. The minimum absolute atomic E-state index is 0.274. The lowest BCUT2D eigenvalue weighted by Crippen LogP contribution is -1.82. The van der Waals surface area contributed by atoms with Crippen LogP contribution in [0.4, 0.5) is 16.8 Å². The summed E-state index contributed by atoms with van der Waals surface area (Å²) in [6.07, 6.45) is -0.548. The molecule has 3 nitrogen and oxygen atoms in total. The van der Waals surface area contributed by atoms with E-state index in [4.69, 9.17) is 0 Å². The van der Waals surface area contributed by atoms with E-state index in [9.17, 15) is 16.8 Å². The first kappa shape index (κ1) is 12.5. The second-order valence-electron chi connectivity index (χ2n) is 2.64. The zero-order valence-electron chi connectivity index (χ0n) is 7.61. The van der Waals surface area contributed by atoms with Crippen LogP contribution in [0.25, 0.3) is 0 Å². The van der Waals surface area contributed by atoms with Gasteiger partial charge in [-0.2, -0.15) is 21.9 Å². The van der Waals surface area contributed by atoms with Crippen molar-refractivity contribution in [2.24, 2.45) is 13.5 Å².